The SMILES string of the molecule is CN=C(NCc1ccnc(N(C)C)c1)NCc1ccccc1-n1nc(C)cc1C.I. The lowest BCUT2D eigenvalue weighted by atomic mass is 10.1. The van der Waals surface area contributed by atoms with Crippen LogP contribution in [0.1, 0.15) is 22.5 Å². The van der Waals surface area contributed by atoms with Crippen LogP contribution in [0.2, 0.25) is 0 Å². The van der Waals surface area contributed by atoms with E-state index in [1.807, 2.05) is 55.0 Å². The second-order valence-electron chi connectivity index (χ2n) is 7.16. The van der Waals surface area contributed by atoms with Gasteiger partial charge in [0.15, 0.2) is 5.96 Å². The van der Waals surface area contributed by atoms with Gasteiger partial charge in [0.25, 0.3) is 0 Å². The van der Waals surface area contributed by atoms with Gasteiger partial charge in [-0.25, -0.2) is 9.67 Å². The van der Waals surface area contributed by atoms with Crippen molar-refractivity contribution < 1.29 is 0 Å². The molecule has 0 aliphatic heterocycles. The molecule has 0 aliphatic carbocycles. The van der Waals surface area contributed by atoms with Crippen LogP contribution in [-0.2, 0) is 13.1 Å². The summed E-state index contributed by atoms with van der Waals surface area (Å²) in [6.45, 7) is 5.40. The number of nitrogens with zero attached hydrogens (tertiary/aromatic N) is 5. The second kappa shape index (κ2) is 11.0. The Bertz CT molecular complexity index is 995. The van der Waals surface area contributed by atoms with Crippen LogP contribution in [0.5, 0.6) is 0 Å². The standard InChI is InChI=1S/C22H29N7.HI/c1-16-12-17(2)29(27-16)20-9-7-6-8-19(20)15-26-22(23-3)25-14-18-10-11-24-21(13-18)28(4)5;/h6-13H,14-15H2,1-5H3,(H2,23,25,26);1H. The van der Waals surface area contributed by atoms with Gasteiger partial charge in [0.1, 0.15) is 5.82 Å². The predicted octanol–water partition coefficient (Wildman–Crippen LogP) is 3.43. The van der Waals surface area contributed by atoms with Gasteiger partial charge in [-0.15, -0.1) is 24.0 Å². The van der Waals surface area contributed by atoms with E-state index in [2.05, 4.69) is 56.9 Å². The Morgan fingerprint density at radius 1 is 1.07 bits per heavy atom. The maximum atomic E-state index is 4.62. The number of aliphatic imine (C=N–C) groups is 1. The van der Waals surface area contributed by atoms with Crippen molar-refractivity contribution >= 4 is 35.8 Å². The summed E-state index contributed by atoms with van der Waals surface area (Å²) in [7, 11) is 5.75. The molecule has 0 saturated heterocycles. The van der Waals surface area contributed by atoms with Gasteiger partial charge in [-0.2, -0.15) is 5.10 Å². The number of aromatic nitrogens is 3. The van der Waals surface area contributed by atoms with Crippen molar-refractivity contribution in [2.75, 3.05) is 26.0 Å². The lowest BCUT2D eigenvalue weighted by molar-refractivity contribution is 0.780. The highest BCUT2D eigenvalue weighted by Gasteiger charge is 2.09. The molecule has 0 spiro atoms. The number of anilines is 1. The second-order valence-corrected chi connectivity index (χ2v) is 7.16. The largest absolute Gasteiger partial charge is 0.363 e. The molecule has 0 aliphatic rings. The number of benzene rings is 1. The zero-order valence-corrected chi connectivity index (χ0v) is 20.5. The number of halogens is 1. The fraction of sp³-hybridized carbons (Fsp3) is 0.318. The molecule has 160 valence electrons. The van der Waals surface area contributed by atoms with Crippen LogP contribution in [0.3, 0.4) is 0 Å². The molecule has 7 nitrogen and oxygen atoms in total. The van der Waals surface area contributed by atoms with E-state index in [9.17, 15) is 0 Å². The van der Waals surface area contributed by atoms with E-state index < -0.39 is 0 Å². The maximum Gasteiger partial charge on any atom is 0.191 e. The molecule has 3 aromatic rings. The number of aryl methyl sites for hydroxylation is 2. The van der Waals surface area contributed by atoms with Gasteiger partial charge in [-0.1, -0.05) is 18.2 Å². The number of hydrogen-bond acceptors (Lipinski definition) is 4. The van der Waals surface area contributed by atoms with Crippen molar-refractivity contribution in [3.63, 3.8) is 0 Å². The fourth-order valence-electron chi connectivity index (χ4n) is 3.14. The number of nitrogens with one attached hydrogen (secondary N) is 2. The third kappa shape index (κ3) is 5.94. The minimum atomic E-state index is 0. The zero-order chi connectivity index (χ0) is 20.8. The van der Waals surface area contributed by atoms with Crippen LogP contribution >= 0.6 is 24.0 Å². The van der Waals surface area contributed by atoms with Gasteiger partial charge >= 0.3 is 0 Å². The highest BCUT2D eigenvalue weighted by Crippen LogP contribution is 2.17. The summed E-state index contributed by atoms with van der Waals surface area (Å²) in [5, 5.41) is 11.4. The zero-order valence-electron chi connectivity index (χ0n) is 18.2. The van der Waals surface area contributed by atoms with Crippen molar-refractivity contribution in [2.45, 2.75) is 26.9 Å². The Labute approximate surface area is 195 Å². The molecule has 0 unspecified atom stereocenters. The maximum absolute atomic E-state index is 4.62. The number of pyridine rings is 1. The predicted molar refractivity (Wildman–Crippen MR) is 134 cm³/mol. The number of rotatable bonds is 6. The highest BCUT2D eigenvalue weighted by atomic mass is 127. The molecule has 0 fully saturated rings. The molecule has 1 aromatic carbocycles. The van der Waals surface area contributed by atoms with Gasteiger partial charge < -0.3 is 15.5 Å². The molecule has 0 radical (unpaired) electrons. The van der Waals surface area contributed by atoms with E-state index in [1.54, 1.807) is 7.05 Å². The van der Waals surface area contributed by atoms with Gasteiger partial charge in [-0.3, -0.25) is 4.99 Å². The molecule has 0 saturated carbocycles. The van der Waals surface area contributed by atoms with Crippen LogP contribution in [0.25, 0.3) is 5.69 Å². The first-order chi connectivity index (χ1) is 14.0. The quantitative estimate of drug-likeness (QED) is 0.297. The van der Waals surface area contributed by atoms with E-state index in [0.717, 1.165) is 40.0 Å². The van der Waals surface area contributed by atoms with Crippen molar-refractivity contribution in [1.82, 2.24) is 25.4 Å². The lowest BCUT2D eigenvalue weighted by Crippen LogP contribution is -2.36. The minimum Gasteiger partial charge on any atom is -0.363 e. The smallest absolute Gasteiger partial charge is 0.191 e. The van der Waals surface area contributed by atoms with Crippen molar-refractivity contribution in [1.29, 1.82) is 0 Å². The molecule has 30 heavy (non-hydrogen) atoms. The van der Waals surface area contributed by atoms with Crippen LogP contribution in [0.15, 0.2) is 53.7 Å². The first-order valence-electron chi connectivity index (χ1n) is 9.66. The molecule has 0 amide bonds. The summed E-state index contributed by atoms with van der Waals surface area (Å²) in [4.78, 5) is 10.7. The lowest BCUT2D eigenvalue weighted by Gasteiger charge is -2.16. The van der Waals surface area contributed by atoms with E-state index in [1.165, 1.54) is 0 Å². The summed E-state index contributed by atoms with van der Waals surface area (Å²) < 4.78 is 1.99. The Morgan fingerprint density at radius 3 is 2.47 bits per heavy atom. The third-order valence-corrected chi connectivity index (χ3v) is 4.63. The summed E-state index contributed by atoms with van der Waals surface area (Å²) in [5.41, 5.74) is 5.50. The first kappa shape index (κ1) is 23.7. The van der Waals surface area contributed by atoms with E-state index in [-0.39, 0.29) is 24.0 Å². The van der Waals surface area contributed by atoms with E-state index >= 15 is 0 Å². The molecule has 2 N–H and O–H groups in total. The number of guanidine groups is 1. The summed E-state index contributed by atoms with van der Waals surface area (Å²) >= 11 is 0. The average Bonchev–Trinajstić information content (AvgIpc) is 3.06. The van der Waals surface area contributed by atoms with Crippen molar-refractivity contribution in [3.8, 4) is 5.69 Å². The highest BCUT2D eigenvalue weighted by molar-refractivity contribution is 14.0. The summed E-state index contributed by atoms with van der Waals surface area (Å²) in [6.07, 6.45) is 1.83. The fourth-order valence-corrected chi connectivity index (χ4v) is 3.14. The molecule has 8 heteroatoms. The van der Waals surface area contributed by atoms with Crippen molar-refractivity contribution in [3.05, 3.63) is 71.2 Å². The Balaban J connectivity index is 0.00000320. The van der Waals surface area contributed by atoms with E-state index in [4.69, 9.17) is 0 Å². The van der Waals surface area contributed by atoms with Crippen molar-refractivity contribution in [2.24, 2.45) is 4.99 Å². The normalized spacial score (nSPS) is 11.0. The van der Waals surface area contributed by atoms with Crippen LogP contribution in [0, 0.1) is 13.8 Å². The average molecular weight is 519 g/mol. The van der Waals surface area contributed by atoms with Crippen LogP contribution in [0.4, 0.5) is 5.82 Å². The Morgan fingerprint density at radius 2 is 1.80 bits per heavy atom. The molecule has 2 aromatic heterocycles. The minimum absolute atomic E-state index is 0. The van der Waals surface area contributed by atoms with Gasteiger partial charge in [0.05, 0.1) is 11.4 Å². The van der Waals surface area contributed by atoms with Crippen LogP contribution in [-0.4, -0.2) is 41.9 Å². The molecule has 2 heterocycles. The van der Waals surface area contributed by atoms with Gasteiger partial charge in [0.2, 0.25) is 0 Å². The first-order valence-corrected chi connectivity index (χ1v) is 9.66. The molecule has 3 rings (SSSR count). The molecule has 0 bridgehead atoms. The van der Waals surface area contributed by atoms with Crippen LogP contribution < -0.4 is 15.5 Å². The molecule has 0 atom stereocenters. The topological polar surface area (TPSA) is 70.4 Å². The summed E-state index contributed by atoms with van der Waals surface area (Å²) in [5.74, 6) is 1.68. The number of para-hydroxylation sites is 1. The number of hydrogen-bond donors (Lipinski definition) is 2. The van der Waals surface area contributed by atoms with Gasteiger partial charge in [0, 0.05) is 46.1 Å². The van der Waals surface area contributed by atoms with E-state index in [0.29, 0.717) is 13.1 Å². The third-order valence-electron chi connectivity index (χ3n) is 4.63. The summed E-state index contributed by atoms with van der Waals surface area (Å²) in [6, 6.07) is 14.4. The molecular weight excluding hydrogens is 489 g/mol. The monoisotopic (exact) mass is 519 g/mol. The Hall–Kier alpha value is -2.62. The molecular formula is C22H30IN7. The Kier molecular flexibility index (Phi) is 8.64. The van der Waals surface area contributed by atoms with Gasteiger partial charge in [-0.05, 0) is 49.2 Å².